The van der Waals surface area contributed by atoms with Gasteiger partial charge >= 0.3 is 0 Å². The molecule has 0 heterocycles. The monoisotopic (exact) mass is 239 g/mol. The van der Waals surface area contributed by atoms with Crippen molar-refractivity contribution in [2.45, 2.75) is 32.7 Å². The number of hydrogen-bond acceptors (Lipinski definition) is 2. The number of benzene rings is 1. The molecule has 1 rings (SSSR count). The van der Waals surface area contributed by atoms with Gasteiger partial charge in [0.25, 0.3) is 0 Å². The van der Waals surface area contributed by atoms with Crippen molar-refractivity contribution in [2.24, 2.45) is 5.92 Å². The second kappa shape index (κ2) is 6.60. The van der Waals surface area contributed by atoms with Gasteiger partial charge in [0.2, 0.25) is 0 Å². The highest BCUT2D eigenvalue weighted by Gasteiger charge is 2.20. The molecular weight excluding hydrogens is 217 g/mol. The third-order valence-electron chi connectivity index (χ3n) is 3.17. The summed E-state index contributed by atoms with van der Waals surface area (Å²) in [6.45, 7) is 4.29. The van der Waals surface area contributed by atoms with Crippen molar-refractivity contribution in [3.8, 4) is 5.75 Å². The van der Waals surface area contributed by atoms with Crippen LogP contribution >= 0.6 is 0 Å². The molecule has 0 spiro atoms. The molecule has 0 saturated carbocycles. The normalized spacial score (nSPS) is 14.4. The number of ether oxygens (including phenoxy) is 1. The lowest BCUT2D eigenvalue weighted by atomic mass is 9.91. The van der Waals surface area contributed by atoms with E-state index in [9.17, 15) is 4.39 Å². The van der Waals surface area contributed by atoms with Crippen LogP contribution in [0.25, 0.3) is 0 Å². The Morgan fingerprint density at radius 2 is 2.12 bits per heavy atom. The lowest BCUT2D eigenvalue weighted by Crippen LogP contribution is -2.24. The van der Waals surface area contributed by atoms with Crippen LogP contribution in [0.4, 0.5) is 4.39 Å². The Labute approximate surface area is 103 Å². The summed E-state index contributed by atoms with van der Waals surface area (Å²) in [5.41, 5.74) is 0.717. The molecule has 0 amide bonds. The number of rotatable bonds is 6. The van der Waals surface area contributed by atoms with Gasteiger partial charge in [0.1, 0.15) is 11.6 Å². The van der Waals surface area contributed by atoms with Crippen molar-refractivity contribution in [3.63, 3.8) is 0 Å². The Morgan fingerprint density at radius 3 is 2.59 bits per heavy atom. The van der Waals surface area contributed by atoms with E-state index in [0.29, 0.717) is 17.2 Å². The quantitative estimate of drug-likeness (QED) is 0.820. The number of hydrogen-bond donors (Lipinski definition) is 1. The fourth-order valence-electron chi connectivity index (χ4n) is 2.26. The minimum Gasteiger partial charge on any atom is -0.497 e. The van der Waals surface area contributed by atoms with Crippen LogP contribution in [0.15, 0.2) is 18.2 Å². The number of halogens is 1. The molecule has 2 nitrogen and oxygen atoms in total. The zero-order valence-corrected chi connectivity index (χ0v) is 11.1. The third kappa shape index (κ3) is 3.43. The molecule has 2 atom stereocenters. The Kier molecular flexibility index (Phi) is 5.42. The first kappa shape index (κ1) is 14.0. The van der Waals surface area contributed by atoms with Gasteiger partial charge in [0, 0.05) is 17.7 Å². The number of nitrogens with one attached hydrogen (secondary N) is 1. The van der Waals surface area contributed by atoms with Crippen LogP contribution in [0, 0.1) is 11.7 Å². The van der Waals surface area contributed by atoms with Crippen LogP contribution in [0.2, 0.25) is 0 Å². The molecule has 0 aromatic heterocycles. The maximum atomic E-state index is 14.0. The summed E-state index contributed by atoms with van der Waals surface area (Å²) in [5.74, 6) is 0.767. The van der Waals surface area contributed by atoms with Crippen LogP contribution in [-0.4, -0.2) is 14.2 Å². The Hall–Kier alpha value is -1.09. The van der Waals surface area contributed by atoms with Crippen molar-refractivity contribution < 1.29 is 9.13 Å². The van der Waals surface area contributed by atoms with Crippen LogP contribution in [0.1, 0.15) is 38.3 Å². The summed E-state index contributed by atoms with van der Waals surface area (Å²) in [4.78, 5) is 0. The first-order valence-corrected chi connectivity index (χ1v) is 6.14. The van der Waals surface area contributed by atoms with E-state index >= 15 is 0 Å². The molecule has 0 aliphatic rings. The Morgan fingerprint density at radius 1 is 1.41 bits per heavy atom. The fraction of sp³-hybridized carbons (Fsp3) is 0.571. The van der Waals surface area contributed by atoms with Crippen molar-refractivity contribution in [2.75, 3.05) is 14.2 Å². The molecule has 17 heavy (non-hydrogen) atoms. The van der Waals surface area contributed by atoms with Crippen LogP contribution in [0.5, 0.6) is 5.75 Å². The summed E-state index contributed by atoms with van der Waals surface area (Å²) in [5, 5.41) is 3.20. The van der Waals surface area contributed by atoms with E-state index < -0.39 is 0 Å². The molecule has 0 bridgehead atoms. The SMILES string of the molecule is CCCC(C)C(NC)c1ccc(OC)cc1F. The molecule has 0 aliphatic heterocycles. The maximum absolute atomic E-state index is 14.0. The summed E-state index contributed by atoms with van der Waals surface area (Å²) in [6, 6.07) is 5.11. The summed E-state index contributed by atoms with van der Waals surface area (Å²) >= 11 is 0. The molecule has 1 aromatic carbocycles. The molecule has 1 aromatic rings. The first-order chi connectivity index (χ1) is 8.13. The van der Waals surface area contributed by atoms with E-state index in [1.807, 2.05) is 13.1 Å². The van der Waals surface area contributed by atoms with E-state index in [2.05, 4.69) is 19.2 Å². The van der Waals surface area contributed by atoms with Gasteiger partial charge in [-0.25, -0.2) is 4.39 Å². The summed E-state index contributed by atoms with van der Waals surface area (Å²) in [6.07, 6.45) is 2.19. The lowest BCUT2D eigenvalue weighted by Gasteiger charge is -2.24. The maximum Gasteiger partial charge on any atom is 0.131 e. The van der Waals surface area contributed by atoms with Gasteiger partial charge in [0.15, 0.2) is 0 Å². The van der Waals surface area contributed by atoms with E-state index in [0.717, 1.165) is 12.8 Å². The van der Waals surface area contributed by atoms with Gasteiger partial charge in [-0.2, -0.15) is 0 Å². The zero-order valence-electron chi connectivity index (χ0n) is 11.1. The number of methoxy groups -OCH3 is 1. The van der Waals surface area contributed by atoms with Gasteiger partial charge in [0.05, 0.1) is 7.11 Å². The van der Waals surface area contributed by atoms with E-state index in [1.165, 1.54) is 6.07 Å². The summed E-state index contributed by atoms with van der Waals surface area (Å²) in [7, 11) is 3.42. The van der Waals surface area contributed by atoms with Crippen molar-refractivity contribution >= 4 is 0 Å². The second-order valence-corrected chi connectivity index (χ2v) is 4.42. The van der Waals surface area contributed by atoms with Gasteiger partial charge in [-0.1, -0.05) is 26.3 Å². The predicted octanol–water partition coefficient (Wildman–Crippen LogP) is 3.53. The predicted molar refractivity (Wildman–Crippen MR) is 68.8 cm³/mol. The molecule has 0 radical (unpaired) electrons. The standard InChI is InChI=1S/C14H22FNO/c1-5-6-10(2)14(16-3)12-8-7-11(17-4)9-13(12)15/h7-10,14,16H,5-6H2,1-4H3. The smallest absolute Gasteiger partial charge is 0.131 e. The third-order valence-corrected chi connectivity index (χ3v) is 3.17. The molecule has 3 heteroatoms. The minimum absolute atomic E-state index is 0.0563. The van der Waals surface area contributed by atoms with Gasteiger partial charge in [-0.15, -0.1) is 0 Å². The van der Waals surface area contributed by atoms with E-state index in [1.54, 1.807) is 13.2 Å². The highest BCUT2D eigenvalue weighted by Crippen LogP contribution is 2.29. The Bertz CT molecular complexity index is 354. The van der Waals surface area contributed by atoms with Crippen LogP contribution in [0.3, 0.4) is 0 Å². The second-order valence-electron chi connectivity index (χ2n) is 4.42. The molecule has 1 N–H and O–H groups in total. The van der Waals surface area contributed by atoms with E-state index in [-0.39, 0.29) is 11.9 Å². The van der Waals surface area contributed by atoms with Crippen molar-refractivity contribution in [1.82, 2.24) is 5.32 Å². The van der Waals surface area contributed by atoms with E-state index in [4.69, 9.17) is 4.74 Å². The Balaban J connectivity index is 2.95. The molecule has 2 unspecified atom stereocenters. The van der Waals surface area contributed by atoms with Crippen molar-refractivity contribution in [1.29, 1.82) is 0 Å². The van der Waals surface area contributed by atoms with Gasteiger partial charge in [-0.3, -0.25) is 0 Å². The fourth-order valence-corrected chi connectivity index (χ4v) is 2.26. The highest BCUT2D eigenvalue weighted by molar-refractivity contribution is 5.31. The molecular formula is C14H22FNO. The topological polar surface area (TPSA) is 21.3 Å². The van der Waals surface area contributed by atoms with Crippen molar-refractivity contribution in [3.05, 3.63) is 29.6 Å². The highest BCUT2D eigenvalue weighted by atomic mass is 19.1. The lowest BCUT2D eigenvalue weighted by molar-refractivity contribution is 0.369. The minimum atomic E-state index is -0.202. The molecule has 0 aliphatic carbocycles. The average molecular weight is 239 g/mol. The van der Waals surface area contributed by atoms with Crippen LogP contribution < -0.4 is 10.1 Å². The largest absolute Gasteiger partial charge is 0.497 e. The van der Waals surface area contributed by atoms with Gasteiger partial charge in [-0.05, 0) is 25.5 Å². The zero-order chi connectivity index (χ0) is 12.8. The molecule has 96 valence electrons. The average Bonchev–Trinajstić information content (AvgIpc) is 2.32. The summed E-state index contributed by atoms with van der Waals surface area (Å²) < 4.78 is 19.0. The molecule has 0 saturated heterocycles. The first-order valence-electron chi connectivity index (χ1n) is 6.14. The van der Waals surface area contributed by atoms with Crippen LogP contribution in [-0.2, 0) is 0 Å². The van der Waals surface area contributed by atoms with Gasteiger partial charge < -0.3 is 10.1 Å². The molecule has 0 fully saturated rings.